The van der Waals surface area contributed by atoms with Gasteiger partial charge in [-0.25, -0.2) is 0 Å². The number of esters is 1. The van der Waals surface area contributed by atoms with Crippen LogP contribution in [0.5, 0.6) is 5.75 Å². The minimum atomic E-state index is -0.485. The zero-order valence-electron chi connectivity index (χ0n) is 7.63. The van der Waals surface area contributed by atoms with Gasteiger partial charge in [0, 0.05) is 10.9 Å². The number of hydrogen-bond donors (Lipinski definition) is 0. The van der Waals surface area contributed by atoms with Gasteiger partial charge in [-0.3, -0.25) is 9.59 Å². The Morgan fingerprint density at radius 1 is 1.47 bits per heavy atom. The fourth-order valence-electron chi connectivity index (χ4n) is 0.940. The van der Waals surface area contributed by atoms with Gasteiger partial charge in [0.15, 0.2) is 12.0 Å². The minimum Gasteiger partial charge on any atom is -0.425 e. The highest BCUT2D eigenvalue weighted by Crippen LogP contribution is 2.32. The van der Waals surface area contributed by atoms with Crippen molar-refractivity contribution in [2.75, 3.05) is 0 Å². The number of carbonyl (C=O) groups excluding carboxylic acids is 2. The zero-order valence-corrected chi connectivity index (χ0v) is 10.8. The largest absolute Gasteiger partial charge is 0.425 e. The van der Waals surface area contributed by atoms with Crippen LogP contribution in [0, 0.1) is 6.92 Å². The molecule has 0 heterocycles. The quantitative estimate of drug-likeness (QED) is 0.484. The predicted octanol–water partition coefficient (Wildman–Crippen LogP) is 3.15. The topological polar surface area (TPSA) is 43.4 Å². The third-order valence-electron chi connectivity index (χ3n) is 1.58. The molecule has 0 unspecified atom stereocenters. The molecular weight excluding hydrogens is 328 g/mol. The SMILES string of the molecule is [CH2]CC(=O)Oc1c(Br)cc(Br)cc1C=O. The molecule has 1 aromatic rings. The van der Waals surface area contributed by atoms with E-state index in [2.05, 4.69) is 38.8 Å². The molecule has 79 valence electrons. The highest BCUT2D eigenvalue weighted by Gasteiger charge is 2.12. The number of ether oxygens (including phenoxy) is 1. The van der Waals surface area contributed by atoms with Crippen molar-refractivity contribution < 1.29 is 14.3 Å². The Morgan fingerprint density at radius 2 is 2.13 bits per heavy atom. The summed E-state index contributed by atoms with van der Waals surface area (Å²) in [7, 11) is 0. The molecule has 0 spiro atoms. The predicted molar refractivity (Wildman–Crippen MR) is 62.8 cm³/mol. The van der Waals surface area contributed by atoms with Crippen LogP contribution in [0.2, 0.25) is 0 Å². The lowest BCUT2D eigenvalue weighted by Crippen LogP contribution is -2.08. The van der Waals surface area contributed by atoms with E-state index in [0.29, 0.717) is 16.3 Å². The molecule has 3 nitrogen and oxygen atoms in total. The molecule has 1 rings (SSSR count). The van der Waals surface area contributed by atoms with Gasteiger partial charge in [-0.15, -0.1) is 0 Å². The van der Waals surface area contributed by atoms with Crippen molar-refractivity contribution in [2.45, 2.75) is 6.42 Å². The molecule has 0 aromatic heterocycles. The van der Waals surface area contributed by atoms with Crippen LogP contribution in [-0.4, -0.2) is 12.3 Å². The van der Waals surface area contributed by atoms with Crippen molar-refractivity contribution >= 4 is 44.1 Å². The number of carbonyl (C=O) groups is 2. The summed E-state index contributed by atoms with van der Waals surface area (Å²) < 4.78 is 6.24. The first-order valence-electron chi connectivity index (χ1n) is 4.02. The Morgan fingerprint density at radius 3 is 2.67 bits per heavy atom. The van der Waals surface area contributed by atoms with Gasteiger partial charge < -0.3 is 4.74 Å². The highest BCUT2D eigenvalue weighted by atomic mass is 79.9. The molecule has 0 fully saturated rings. The van der Waals surface area contributed by atoms with Crippen LogP contribution in [0.25, 0.3) is 0 Å². The Bertz CT molecular complexity index is 402. The summed E-state index contributed by atoms with van der Waals surface area (Å²) in [4.78, 5) is 21.8. The van der Waals surface area contributed by atoms with Crippen LogP contribution in [-0.2, 0) is 4.79 Å². The summed E-state index contributed by atoms with van der Waals surface area (Å²) in [6, 6.07) is 3.27. The smallest absolute Gasteiger partial charge is 0.311 e. The fourth-order valence-corrected chi connectivity index (χ4v) is 2.28. The van der Waals surface area contributed by atoms with E-state index in [4.69, 9.17) is 4.74 Å². The van der Waals surface area contributed by atoms with E-state index in [-0.39, 0.29) is 12.2 Å². The standard InChI is InChI=1S/C10H7Br2O3/c1-2-9(14)15-10-6(5-13)3-7(11)4-8(10)12/h3-5H,1-2H2. The molecule has 0 aliphatic rings. The third kappa shape index (κ3) is 3.14. The normalized spacial score (nSPS) is 9.80. The van der Waals surface area contributed by atoms with Crippen molar-refractivity contribution in [2.24, 2.45) is 0 Å². The van der Waals surface area contributed by atoms with E-state index in [9.17, 15) is 9.59 Å². The molecule has 0 amide bonds. The number of aldehydes is 1. The highest BCUT2D eigenvalue weighted by molar-refractivity contribution is 9.11. The van der Waals surface area contributed by atoms with Crippen LogP contribution >= 0.6 is 31.9 Å². The number of rotatable bonds is 3. The first kappa shape index (κ1) is 12.4. The van der Waals surface area contributed by atoms with Gasteiger partial charge in [-0.05, 0) is 35.0 Å². The molecule has 0 N–H and O–H groups in total. The van der Waals surface area contributed by atoms with Crippen molar-refractivity contribution in [3.8, 4) is 5.75 Å². The van der Waals surface area contributed by atoms with Gasteiger partial charge in [0.05, 0.1) is 10.0 Å². The van der Waals surface area contributed by atoms with E-state index < -0.39 is 5.97 Å². The Kier molecular flexibility index (Phi) is 4.47. The van der Waals surface area contributed by atoms with Gasteiger partial charge in [0.1, 0.15) is 0 Å². The van der Waals surface area contributed by atoms with Crippen molar-refractivity contribution in [3.63, 3.8) is 0 Å². The van der Waals surface area contributed by atoms with E-state index in [1.807, 2.05) is 0 Å². The van der Waals surface area contributed by atoms with E-state index in [0.717, 1.165) is 4.47 Å². The second kappa shape index (κ2) is 5.42. The lowest BCUT2D eigenvalue weighted by atomic mass is 10.2. The van der Waals surface area contributed by atoms with Crippen LogP contribution in [0.1, 0.15) is 16.8 Å². The van der Waals surface area contributed by atoms with Crippen LogP contribution in [0.15, 0.2) is 21.1 Å². The lowest BCUT2D eigenvalue weighted by Gasteiger charge is -2.08. The maximum atomic E-state index is 11.1. The van der Waals surface area contributed by atoms with Crippen LogP contribution in [0.4, 0.5) is 0 Å². The summed E-state index contributed by atoms with van der Waals surface area (Å²) in [5.41, 5.74) is 0.304. The number of hydrogen-bond acceptors (Lipinski definition) is 3. The van der Waals surface area contributed by atoms with Crippen LogP contribution in [0.3, 0.4) is 0 Å². The Balaban J connectivity index is 3.15. The molecule has 0 saturated carbocycles. The summed E-state index contributed by atoms with van der Waals surface area (Å²) in [5.74, 6) is -0.261. The van der Waals surface area contributed by atoms with Crippen LogP contribution < -0.4 is 4.74 Å². The summed E-state index contributed by atoms with van der Waals surface area (Å²) in [5, 5.41) is 0. The molecule has 0 saturated heterocycles. The molecule has 0 aliphatic heterocycles. The first-order valence-corrected chi connectivity index (χ1v) is 5.61. The number of benzene rings is 1. The molecular formula is C10H7Br2O3. The van der Waals surface area contributed by atoms with Crippen molar-refractivity contribution in [1.82, 2.24) is 0 Å². The Hall–Kier alpha value is -0.680. The molecule has 1 aromatic carbocycles. The molecule has 1 radical (unpaired) electrons. The monoisotopic (exact) mass is 333 g/mol. The first-order chi connectivity index (χ1) is 7.08. The van der Waals surface area contributed by atoms with Gasteiger partial charge >= 0.3 is 5.97 Å². The maximum absolute atomic E-state index is 11.1. The molecule has 0 aliphatic carbocycles. The zero-order chi connectivity index (χ0) is 11.4. The molecule has 15 heavy (non-hydrogen) atoms. The summed E-state index contributed by atoms with van der Waals surface area (Å²) >= 11 is 6.44. The summed E-state index contributed by atoms with van der Waals surface area (Å²) in [6.45, 7) is 3.40. The minimum absolute atomic E-state index is 0.0147. The van der Waals surface area contributed by atoms with E-state index in [1.165, 1.54) is 0 Å². The van der Waals surface area contributed by atoms with Gasteiger partial charge in [0.25, 0.3) is 0 Å². The fraction of sp³-hybridized carbons (Fsp3) is 0.100. The van der Waals surface area contributed by atoms with Crippen molar-refractivity contribution in [1.29, 1.82) is 0 Å². The Labute approximate surface area is 104 Å². The van der Waals surface area contributed by atoms with E-state index in [1.54, 1.807) is 12.1 Å². The van der Waals surface area contributed by atoms with Gasteiger partial charge in [-0.1, -0.05) is 15.9 Å². The average molecular weight is 335 g/mol. The molecule has 0 atom stereocenters. The maximum Gasteiger partial charge on any atom is 0.311 e. The second-order valence-electron chi connectivity index (χ2n) is 2.65. The van der Waals surface area contributed by atoms with Gasteiger partial charge in [0.2, 0.25) is 0 Å². The number of halogens is 2. The van der Waals surface area contributed by atoms with Crippen molar-refractivity contribution in [3.05, 3.63) is 33.6 Å². The molecule has 0 bridgehead atoms. The third-order valence-corrected chi connectivity index (χ3v) is 2.63. The summed E-state index contributed by atoms with van der Waals surface area (Å²) in [6.07, 6.45) is 0.641. The average Bonchev–Trinajstić information content (AvgIpc) is 2.21. The second-order valence-corrected chi connectivity index (χ2v) is 4.42. The van der Waals surface area contributed by atoms with Gasteiger partial charge in [-0.2, -0.15) is 0 Å². The lowest BCUT2D eigenvalue weighted by molar-refractivity contribution is -0.133. The van der Waals surface area contributed by atoms with E-state index >= 15 is 0 Å². The molecule has 5 heteroatoms.